The highest BCUT2D eigenvalue weighted by Crippen LogP contribution is 2.39. The van der Waals surface area contributed by atoms with Crippen molar-refractivity contribution in [2.24, 2.45) is 0 Å². The van der Waals surface area contributed by atoms with Crippen LogP contribution in [0.15, 0.2) is 182 Å². The lowest BCUT2D eigenvalue weighted by Crippen LogP contribution is -2.00. The second-order valence-corrected chi connectivity index (χ2v) is 13.2. The highest BCUT2D eigenvalue weighted by molar-refractivity contribution is 6.09. The van der Waals surface area contributed by atoms with Crippen LogP contribution >= 0.6 is 0 Å². The van der Waals surface area contributed by atoms with Crippen molar-refractivity contribution >= 4 is 48.9 Å². The lowest BCUT2D eigenvalue weighted by atomic mass is 9.85. The van der Waals surface area contributed by atoms with Crippen molar-refractivity contribution < 1.29 is 0 Å². The molecule has 8 aromatic rings. The third kappa shape index (κ3) is 5.27. The second kappa shape index (κ2) is 12.7. The van der Waals surface area contributed by atoms with Gasteiger partial charge >= 0.3 is 0 Å². The van der Waals surface area contributed by atoms with E-state index in [9.17, 15) is 0 Å². The van der Waals surface area contributed by atoms with Crippen LogP contribution in [0.5, 0.6) is 0 Å². The molecule has 2 aromatic heterocycles. The number of aromatic nitrogens is 2. The summed E-state index contributed by atoms with van der Waals surface area (Å²) in [7, 11) is 0. The SMILES string of the molecule is Cc1cccccc(-c2ccc3ccccc3c2)c2ccccc2c1C1=CCC(c2ccc3c(c2)c2cnccc2n3-c2ccccc2)C=C1. The first-order valence-corrected chi connectivity index (χ1v) is 17.4. The van der Waals surface area contributed by atoms with Crippen LogP contribution in [0.4, 0.5) is 0 Å². The minimum Gasteiger partial charge on any atom is -0.309 e. The molecule has 1 atom stereocenters. The van der Waals surface area contributed by atoms with E-state index in [1.165, 1.54) is 76.7 Å². The Kier molecular flexibility index (Phi) is 7.55. The fraction of sp³-hybridized carbons (Fsp3) is 0.0625. The minimum absolute atomic E-state index is 0.289. The zero-order valence-electron chi connectivity index (χ0n) is 28.0. The van der Waals surface area contributed by atoms with Gasteiger partial charge in [-0.15, -0.1) is 0 Å². The quantitative estimate of drug-likeness (QED) is 0.187. The van der Waals surface area contributed by atoms with Crippen molar-refractivity contribution in [3.63, 3.8) is 0 Å². The summed E-state index contributed by atoms with van der Waals surface area (Å²) in [5.41, 5.74) is 11.1. The Balaban J connectivity index is 1.14. The number of fused-ring (bicyclic) bond motifs is 5. The van der Waals surface area contributed by atoms with Gasteiger partial charge in [-0.05, 0) is 105 Å². The Morgan fingerprint density at radius 2 is 1.34 bits per heavy atom. The van der Waals surface area contributed by atoms with Gasteiger partial charge in [0.2, 0.25) is 0 Å². The Morgan fingerprint density at radius 1 is 0.600 bits per heavy atom. The Hall–Kier alpha value is -6.25. The first-order valence-electron chi connectivity index (χ1n) is 17.4. The number of nitrogens with zero attached hydrogens (tertiary/aromatic N) is 2. The molecule has 2 heterocycles. The van der Waals surface area contributed by atoms with E-state index in [4.69, 9.17) is 0 Å². The molecule has 238 valence electrons. The smallest absolute Gasteiger partial charge is 0.0571 e. The molecular formula is C48H36N2. The highest BCUT2D eigenvalue weighted by atomic mass is 15.0. The fourth-order valence-corrected chi connectivity index (χ4v) is 7.75. The molecule has 0 saturated heterocycles. The summed E-state index contributed by atoms with van der Waals surface area (Å²) in [6.45, 7) is 2.24. The molecule has 1 unspecified atom stereocenters. The summed E-state index contributed by atoms with van der Waals surface area (Å²) in [6.07, 6.45) is 12.0. The van der Waals surface area contributed by atoms with Crippen LogP contribution in [-0.2, 0) is 0 Å². The fourth-order valence-electron chi connectivity index (χ4n) is 7.75. The van der Waals surface area contributed by atoms with Crippen LogP contribution < -0.4 is 0 Å². The Labute approximate surface area is 292 Å². The normalized spacial score (nSPS) is 14.3. The lowest BCUT2D eigenvalue weighted by molar-refractivity contribution is 0.858. The number of para-hydroxylation sites is 1. The van der Waals surface area contributed by atoms with E-state index in [0.717, 1.165) is 12.1 Å². The molecule has 0 amide bonds. The summed E-state index contributed by atoms with van der Waals surface area (Å²) >= 11 is 0. The molecule has 0 saturated carbocycles. The summed E-state index contributed by atoms with van der Waals surface area (Å²) < 4.78 is 2.35. The highest BCUT2D eigenvalue weighted by Gasteiger charge is 2.18. The van der Waals surface area contributed by atoms with Crippen molar-refractivity contribution in [1.82, 2.24) is 9.55 Å². The molecule has 6 aromatic carbocycles. The number of hydrogen-bond acceptors (Lipinski definition) is 1. The van der Waals surface area contributed by atoms with Crippen LogP contribution in [0.25, 0.3) is 65.7 Å². The van der Waals surface area contributed by atoms with Crippen LogP contribution in [-0.4, -0.2) is 9.55 Å². The minimum atomic E-state index is 0.289. The third-order valence-corrected chi connectivity index (χ3v) is 10.2. The molecule has 1 aliphatic carbocycles. The zero-order chi connectivity index (χ0) is 33.4. The molecule has 0 spiro atoms. The molecule has 0 aliphatic heterocycles. The Morgan fingerprint density at radius 3 is 2.18 bits per heavy atom. The summed E-state index contributed by atoms with van der Waals surface area (Å²) in [5.74, 6) is 0.289. The summed E-state index contributed by atoms with van der Waals surface area (Å²) in [4.78, 5) is 4.51. The van der Waals surface area contributed by atoms with Crippen molar-refractivity contribution in [3.05, 3.63) is 199 Å². The molecule has 50 heavy (non-hydrogen) atoms. The van der Waals surface area contributed by atoms with Gasteiger partial charge in [0.05, 0.1) is 11.0 Å². The van der Waals surface area contributed by atoms with E-state index in [1.54, 1.807) is 0 Å². The number of benzene rings is 5. The van der Waals surface area contributed by atoms with Gasteiger partial charge in [-0.2, -0.15) is 0 Å². The van der Waals surface area contributed by atoms with Crippen LogP contribution in [0, 0.1) is 6.92 Å². The van der Waals surface area contributed by atoms with E-state index in [0.29, 0.717) is 0 Å². The largest absolute Gasteiger partial charge is 0.309 e. The van der Waals surface area contributed by atoms with E-state index < -0.39 is 0 Å². The average Bonchev–Trinajstić information content (AvgIpc) is 3.51. The molecule has 2 nitrogen and oxygen atoms in total. The first kappa shape index (κ1) is 29.9. The molecule has 0 radical (unpaired) electrons. The van der Waals surface area contributed by atoms with E-state index >= 15 is 0 Å². The molecule has 1 aliphatic rings. The van der Waals surface area contributed by atoms with E-state index in [2.05, 4.69) is 186 Å². The Bertz CT molecular complexity index is 2690. The van der Waals surface area contributed by atoms with Gasteiger partial charge in [-0.25, -0.2) is 0 Å². The van der Waals surface area contributed by atoms with Gasteiger partial charge in [0.1, 0.15) is 0 Å². The summed E-state index contributed by atoms with van der Waals surface area (Å²) in [5, 5.41) is 7.41. The van der Waals surface area contributed by atoms with Gasteiger partial charge < -0.3 is 4.57 Å². The topological polar surface area (TPSA) is 17.8 Å². The van der Waals surface area contributed by atoms with Gasteiger partial charge in [0.15, 0.2) is 0 Å². The molecule has 0 bridgehead atoms. The van der Waals surface area contributed by atoms with Crippen LogP contribution in [0.3, 0.4) is 0 Å². The first-order chi connectivity index (χ1) is 24.7. The van der Waals surface area contributed by atoms with E-state index in [1.807, 2.05) is 12.4 Å². The zero-order valence-corrected chi connectivity index (χ0v) is 28.0. The molecule has 0 N–H and O–H groups in total. The summed E-state index contributed by atoms with van der Waals surface area (Å²) in [6, 6.07) is 54.9. The van der Waals surface area contributed by atoms with E-state index in [-0.39, 0.29) is 5.92 Å². The standard InChI is InChI=1S/C48H36N2/c1-33-12-4-2-7-17-41(39-25-22-34-13-8-9-14-37(34)30-39)42-18-10-11-19-43(42)48(33)36-23-20-35(21-24-36)38-26-27-46-44(31-38)45-32-49-29-28-47(45)50(46)40-15-5-3-6-16-40/h2-20,22-32,35H,21H2,1H3. The molecule has 0 fully saturated rings. The molecule has 9 rings (SSSR count). The average molecular weight is 641 g/mol. The third-order valence-electron chi connectivity index (χ3n) is 10.2. The number of aryl methyl sites for hydroxylation is 1. The predicted octanol–water partition coefficient (Wildman–Crippen LogP) is 12.7. The maximum atomic E-state index is 4.51. The maximum absolute atomic E-state index is 4.51. The van der Waals surface area contributed by atoms with Gasteiger partial charge in [0, 0.05) is 34.8 Å². The number of hydrogen-bond donors (Lipinski definition) is 0. The number of allylic oxidation sites excluding steroid dienone is 4. The van der Waals surface area contributed by atoms with Gasteiger partial charge in [-0.1, -0.05) is 133 Å². The second-order valence-electron chi connectivity index (χ2n) is 13.2. The maximum Gasteiger partial charge on any atom is 0.0571 e. The van der Waals surface area contributed by atoms with Crippen molar-refractivity contribution in [2.75, 3.05) is 0 Å². The van der Waals surface area contributed by atoms with Gasteiger partial charge in [0.25, 0.3) is 0 Å². The van der Waals surface area contributed by atoms with Crippen molar-refractivity contribution in [3.8, 4) is 16.8 Å². The van der Waals surface area contributed by atoms with Crippen molar-refractivity contribution in [1.29, 1.82) is 0 Å². The van der Waals surface area contributed by atoms with Crippen LogP contribution in [0.1, 0.15) is 29.0 Å². The lowest BCUT2D eigenvalue weighted by Gasteiger charge is -2.19. The van der Waals surface area contributed by atoms with Crippen molar-refractivity contribution in [2.45, 2.75) is 19.3 Å². The predicted molar refractivity (Wildman–Crippen MR) is 212 cm³/mol. The van der Waals surface area contributed by atoms with Crippen LogP contribution in [0.2, 0.25) is 0 Å². The molecular weight excluding hydrogens is 605 g/mol. The number of rotatable bonds is 4. The van der Waals surface area contributed by atoms with Gasteiger partial charge in [-0.3, -0.25) is 4.98 Å². The monoisotopic (exact) mass is 640 g/mol. The molecule has 2 heteroatoms. The number of pyridine rings is 1.